The Morgan fingerprint density at radius 3 is 2.50 bits per heavy atom. The van der Waals surface area contributed by atoms with Crippen LogP contribution in [0.15, 0.2) is 0 Å². The quantitative estimate of drug-likeness (QED) is 0.794. The summed E-state index contributed by atoms with van der Waals surface area (Å²) in [5, 5.41) is 8.90. The van der Waals surface area contributed by atoms with E-state index < -0.39 is 5.92 Å². The molecule has 2 unspecified atom stereocenters. The molecule has 18 heavy (non-hydrogen) atoms. The molecule has 1 aliphatic carbocycles. The molecule has 0 spiro atoms. The number of piperidine rings is 1. The Morgan fingerprint density at radius 2 is 1.94 bits per heavy atom. The Hall–Kier alpha value is -0.220. The van der Waals surface area contributed by atoms with Gasteiger partial charge in [0.1, 0.15) is 0 Å². The number of likely N-dealkylation sites (tertiary alicyclic amines) is 1. The normalized spacial score (nSPS) is 30.7. The van der Waals surface area contributed by atoms with Crippen molar-refractivity contribution in [3.05, 3.63) is 0 Å². The standard InChI is InChI=1S/C14H25F2NO/c1-2-14(15,16)10-17-6-3-11(4-7-17)13-9-12(13)5-8-18/h11-13,18H,2-10H2,1H3. The molecule has 0 aromatic heterocycles. The van der Waals surface area contributed by atoms with Crippen molar-refractivity contribution in [2.75, 3.05) is 26.2 Å². The van der Waals surface area contributed by atoms with Crippen LogP contribution in [0.5, 0.6) is 0 Å². The van der Waals surface area contributed by atoms with E-state index in [1.165, 1.54) is 6.42 Å². The van der Waals surface area contributed by atoms with Crippen molar-refractivity contribution < 1.29 is 13.9 Å². The van der Waals surface area contributed by atoms with Crippen molar-refractivity contribution in [3.8, 4) is 0 Å². The fourth-order valence-corrected chi connectivity index (χ4v) is 3.32. The molecule has 2 fully saturated rings. The zero-order valence-corrected chi connectivity index (χ0v) is 11.2. The van der Waals surface area contributed by atoms with Crippen molar-refractivity contribution in [3.63, 3.8) is 0 Å². The van der Waals surface area contributed by atoms with Gasteiger partial charge in [0.05, 0.1) is 6.54 Å². The van der Waals surface area contributed by atoms with Crippen LogP contribution in [0.25, 0.3) is 0 Å². The first-order valence-electron chi connectivity index (χ1n) is 7.26. The molecule has 2 atom stereocenters. The third kappa shape index (κ3) is 3.64. The second-order valence-electron chi connectivity index (χ2n) is 6.00. The number of aliphatic hydroxyl groups is 1. The smallest absolute Gasteiger partial charge is 0.260 e. The number of aliphatic hydroxyl groups excluding tert-OH is 1. The topological polar surface area (TPSA) is 23.5 Å². The molecule has 0 aromatic rings. The van der Waals surface area contributed by atoms with Crippen LogP contribution < -0.4 is 0 Å². The van der Waals surface area contributed by atoms with Gasteiger partial charge in [0.15, 0.2) is 0 Å². The van der Waals surface area contributed by atoms with Crippen molar-refractivity contribution in [2.24, 2.45) is 17.8 Å². The zero-order chi connectivity index (χ0) is 13.2. The highest BCUT2D eigenvalue weighted by molar-refractivity contribution is 4.93. The summed E-state index contributed by atoms with van der Waals surface area (Å²) in [6.45, 7) is 3.42. The van der Waals surface area contributed by atoms with Gasteiger partial charge in [0.2, 0.25) is 0 Å². The Kier molecular flexibility index (Phi) is 4.59. The van der Waals surface area contributed by atoms with E-state index in [4.69, 9.17) is 5.11 Å². The Labute approximate surface area is 108 Å². The van der Waals surface area contributed by atoms with Crippen LogP contribution >= 0.6 is 0 Å². The maximum absolute atomic E-state index is 13.3. The third-order valence-electron chi connectivity index (χ3n) is 4.69. The van der Waals surface area contributed by atoms with E-state index in [9.17, 15) is 8.78 Å². The molecule has 0 aromatic carbocycles. The van der Waals surface area contributed by atoms with Gasteiger partial charge in [-0.1, -0.05) is 6.92 Å². The van der Waals surface area contributed by atoms with E-state index in [2.05, 4.69) is 0 Å². The predicted molar refractivity (Wildman–Crippen MR) is 67.7 cm³/mol. The highest BCUT2D eigenvalue weighted by Crippen LogP contribution is 2.49. The van der Waals surface area contributed by atoms with Gasteiger partial charge in [-0.2, -0.15) is 0 Å². The summed E-state index contributed by atoms with van der Waals surface area (Å²) in [7, 11) is 0. The first-order chi connectivity index (χ1) is 8.55. The largest absolute Gasteiger partial charge is 0.396 e. The number of hydrogen-bond donors (Lipinski definition) is 1. The monoisotopic (exact) mass is 261 g/mol. The molecule has 1 aliphatic heterocycles. The van der Waals surface area contributed by atoms with E-state index in [0.717, 1.165) is 38.3 Å². The molecule has 1 N–H and O–H groups in total. The maximum atomic E-state index is 13.3. The fourth-order valence-electron chi connectivity index (χ4n) is 3.32. The van der Waals surface area contributed by atoms with Gasteiger partial charge in [0.25, 0.3) is 5.92 Å². The molecule has 0 amide bonds. The van der Waals surface area contributed by atoms with Gasteiger partial charge < -0.3 is 5.11 Å². The number of rotatable bonds is 6. The molecule has 1 saturated carbocycles. The van der Waals surface area contributed by atoms with Crippen LogP contribution in [0.3, 0.4) is 0 Å². The van der Waals surface area contributed by atoms with Crippen molar-refractivity contribution in [1.29, 1.82) is 0 Å². The molecule has 106 valence electrons. The minimum atomic E-state index is -2.52. The lowest BCUT2D eigenvalue weighted by Gasteiger charge is -2.34. The lowest BCUT2D eigenvalue weighted by Crippen LogP contribution is -2.41. The molecule has 1 heterocycles. The Morgan fingerprint density at radius 1 is 1.28 bits per heavy atom. The first-order valence-corrected chi connectivity index (χ1v) is 7.26. The SMILES string of the molecule is CCC(F)(F)CN1CCC(C2CC2CCO)CC1. The maximum Gasteiger partial charge on any atom is 0.260 e. The summed E-state index contributed by atoms with van der Waals surface area (Å²) in [5.41, 5.74) is 0. The minimum absolute atomic E-state index is 0.0614. The summed E-state index contributed by atoms with van der Waals surface area (Å²) < 4.78 is 26.6. The molecule has 4 heteroatoms. The molecule has 2 aliphatic rings. The first kappa shape index (κ1) is 14.2. The molecule has 2 rings (SSSR count). The van der Waals surface area contributed by atoms with Crippen LogP contribution in [0.2, 0.25) is 0 Å². The lowest BCUT2D eigenvalue weighted by molar-refractivity contribution is -0.0424. The summed E-state index contributed by atoms with van der Waals surface area (Å²) in [6.07, 6.45) is 4.24. The third-order valence-corrected chi connectivity index (χ3v) is 4.69. The van der Waals surface area contributed by atoms with Crippen molar-refractivity contribution in [1.82, 2.24) is 4.90 Å². The molecule has 1 saturated heterocycles. The lowest BCUT2D eigenvalue weighted by atomic mass is 9.90. The highest BCUT2D eigenvalue weighted by Gasteiger charge is 2.43. The second kappa shape index (κ2) is 5.83. The van der Waals surface area contributed by atoms with Gasteiger partial charge >= 0.3 is 0 Å². The van der Waals surface area contributed by atoms with Gasteiger partial charge in [-0.15, -0.1) is 0 Å². The van der Waals surface area contributed by atoms with E-state index in [0.29, 0.717) is 18.4 Å². The Balaban J connectivity index is 1.69. The van der Waals surface area contributed by atoms with E-state index >= 15 is 0 Å². The van der Waals surface area contributed by atoms with Gasteiger partial charge in [-0.3, -0.25) is 4.90 Å². The molecule has 0 bridgehead atoms. The fraction of sp³-hybridized carbons (Fsp3) is 1.00. The van der Waals surface area contributed by atoms with Crippen LogP contribution in [0.1, 0.15) is 39.0 Å². The van der Waals surface area contributed by atoms with Gasteiger partial charge in [-0.05, 0) is 56.5 Å². The van der Waals surface area contributed by atoms with Crippen LogP contribution in [-0.4, -0.2) is 42.2 Å². The number of alkyl halides is 2. The van der Waals surface area contributed by atoms with E-state index in [1.807, 2.05) is 4.90 Å². The molecular formula is C14H25F2NO. The molecular weight excluding hydrogens is 236 g/mol. The van der Waals surface area contributed by atoms with Gasteiger partial charge in [0, 0.05) is 13.0 Å². The summed E-state index contributed by atoms with van der Waals surface area (Å²) in [6, 6.07) is 0. The summed E-state index contributed by atoms with van der Waals surface area (Å²) in [5.74, 6) is -0.325. The van der Waals surface area contributed by atoms with Crippen molar-refractivity contribution in [2.45, 2.75) is 45.0 Å². The highest BCUT2D eigenvalue weighted by atomic mass is 19.3. The zero-order valence-electron chi connectivity index (χ0n) is 11.2. The van der Waals surface area contributed by atoms with Gasteiger partial charge in [-0.25, -0.2) is 8.78 Å². The number of nitrogens with zero attached hydrogens (tertiary/aromatic N) is 1. The van der Waals surface area contributed by atoms with Crippen LogP contribution in [-0.2, 0) is 0 Å². The number of halogens is 2. The van der Waals surface area contributed by atoms with Crippen LogP contribution in [0.4, 0.5) is 8.78 Å². The Bertz CT molecular complexity index is 265. The summed E-state index contributed by atoms with van der Waals surface area (Å²) in [4.78, 5) is 1.92. The van der Waals surface area contributed by atoms with E-state index in [-0.39, 0.29) is 13.0 Å². The minimum Gasteiger partial charge on any atom is -0.396 e. The average Bonchev–Trinajstić information content (AvgIpc) is 3.10. The average molecular weight is 261 g/mol. The predicted octanol–water partition coefficient (Wildman–Crippen LogP) is 2.76. The van der Waals surface area contributed by atoms with Crippen molar-refractivity contribution >= 4 is 0 Å². The van der Waals surface area contributed by atoms with E-state index in [1.54, 1.807) is 6.92 Å². The summed E-state index contributed by atoms with van der Waals surface area (Å²) >= 11 is 0. The van der Waals surface area contributed by atoms with Crippen LogP contribution in [0, 0.1) is 17.8 Å². The molecule has 2 nitrogen and oxygen atoms in total. The number of hydrogen-bond acceptors (Lipinski definition) is 2. The second-order valence-corrected chi connectivity index (χ2v) is 6.00. The molecule has 0 radical (unpaired) electrons.